The van der Waals surface area contributed by atoms with Gasteiger partial charge in [-0.25, -0.2) is 4.79 Å². The fourth-order valence-electron chi connectivity index (χ4n) is 6.52. The van der Waals surface area contributed by atoms with Crippen molar-refractivity contribution in [2.75, 3.05) is 0 Å². The summed E-state index contributed by atoms with van der Waals surface area (Å²) in [6.07, 6.45) is 6.32. The van der Waals surface area contributed by atoms with Gasteiger partial charge in [-0.15, -0.1) is 0 Å². The summed E-state index contributed by atoms with van der Waals surface area (Å²) >= 11 is 0. The van der Waals surface area contributed by atoms with E-state index in [-0.39, 0.29) is 11.3 Å². The number of aliphatic hydroxyl groups is 1. The van der Waals surface area contributed by atoms with E-state index in [1.165, 1.54) is 0 Å². The lowest BCUT2D eigenvalue weighted by molar-refractivity contribution is -0.217. The molecule has 1 unspecified atom stereocenters. The van der Waals surface area contributed by atoms with Crippen LogP contribution < -0.4 is 0 Å². The molecule has 4 fully saturated rings. The SMILES string of the molecule is C[C@]12CCC(=O)CC1CC[C@@H]1[C@@H]2CC[C@]2(C)OC(=O)[C@@H](O)C[C@@H]12. The van der Waals surface area contributed by atoms with Gasteiger partial charge in [-0.2, -0.15) is 0 Å². The third-order valence-electron chi connectivity index (χ3n) is 7.90. The highest BCUT2D eigenvalue weighted by molar-refractivity contribution is 5.79. The van der Waals surface area contributed by atoms with Crippen LogP contribution in [0.15, 0.2) is 0 Å². The molecule has 4 heteroatoms. The number of carbonyl (C=O) groups is 2. The highest BCUT2D eigenvalue weighted by Gasteiger charge is 2.60. The number of esters is 1. The Morgan fingerprint density at radius 1 is 1.09 bits per heavy atom. The lowest BCUT2D eigenvalue weighted by Gasteiger charge is -2.61. The number of Topliss-reactive ketones (excluding diaryl/α,β-unsaturated/α-hetero) is 1. The van der Waals surface area contributed by atoms with Gasteiger partial charge in [0.05, 0.1) is 0 Å². The van der Waals surface area contributed by atoms with Crippen LogP contribution in [-0.4, -0.2) is 28.6 Å². The van der Waals surface area contributed by atoms with E-state index >= 15 is 0 Å². The molecule has 128 valence electrons. The van der Waals surface area contributed by atoms with E-state index in [2.05, 4.69) is 13.8 Å². The third kappa shape index (κ3) is 2.20. The van der Waals surface area contributed by atoms with Crippen LogP contribution in [0.1, 0.15) is 65.2 Å². The first-order chi connectivity index (χ1) is 10.8. The Labute approximate surface area is 138 Å². The van der Waals surface area contributed by atoms with Crippen molar-refractivity contribution in [3.8, 4) is 0 Å². The van der Waals surface area contributed by atoms with Crippen LogP contribution >= 0.6 is 0 Å². The number of carbonyl (C=O) groups excluding carboxylic acids is 2. The topological polar surface area (TPSA) is 63.6 Å². The fraction of sp³-hybridized carbons (Fsp3) is 0.895. The Morgan fingerprint density at radius 3 is 2.65 bits per heavy atom. The van der Waals surface area contributed by atoms with Crippen LogP contribution in [0.5, 0.6) is 0 Å². The average Bonchev–Trinajstić information content (AvgIpc) is 2.49. The summed E-state index contributed by atoms with van der Waals surface area (Å²) in [5, 5.41) is 10.0. The van der Waals surface area contributed by atoms with Crippen molar-refractivity contribution in [1.29, 1.82) is 0 Å². The highest BCUT2D eigenvalue weighted by atomic mass is 16.6. The zero-order valence-corrected chi connectivity index (χ0v) is 14.2. The Kier molecular flexibility index (Phi) is 3.43. The lowest BCUT2D eigenvalue weighted by Crippen LogP contribution is -2.60. The number of hydrogen-bond acceptors (Lipinski definition) is 4. The minimum Gasteiger partial charge on any atom is -0.457 e. The van der Waals surface area contributed by atoms with Crippen molar-refractivity contribution in [1.82, 2.24) is 0 Å². The van der Waals surface area contributed by atoms with Gasteiger partial charge in [0.25, 0.3) is 0 Å². The van der Waals surface area contributed by atoms with Crippen LogP contribution in [0.2, 0.25) is 0 Å². The van der Waals surface area contributed by atoms with Gasteiger partial charge >= 0.3 is 5.97 Å². The summed E-state index contributed by atoms with van der Waals surface area (Å²) in [5.41, 5.74) is -0.143. The quantitative estimate of drug-likeness (QED) is 0.697. The zero-order chi connectivity index (χ0) is 16.4. The first-order valence-electron chi connectivity index (χ1n) is 9.26. The summed E-state index contributed by atoms with van der Waals surface area (Å²) in [6.45, 7) is 4.46. The second-order valence-electron chi connectivity index (χ2n) is 8.92. The standard InChI is InChI=1S/C19H28O4/c1-18-7-5-12(20)9-11(18)3-4-13-14(18)6-8-19(2)15(13)10-16(21)17(22)23-19/h11,13-16,21H,3-10H2,1-2H3/t11?,13-,14+,15+,16+,18+,19+/m1/s1. The van der Waals surface area contributed by atoms with Gasteiger partial charge in [-0.3, -0.25) is 4.79 Å². The van der Waals surface area contributed by atoms with Crippen molar-refractivity contribution >= 4 is 11.8 Å². The minimum absolute atomic E-state index is 0.255. The van der Waals surface area contributed by atoms with Gasteiger partial charge in [-0.05, 0) is 68.6 Å². The van der Waals surface area contributed by atoms with Crippen LogP contribution in [-0.2, 0) is 14.3 Å². The van der Waals surface area contributed by atoms with Gasteiger partial charge in [0.15, 0.2) is 6.10 Å². The predicted octanol–water partition coefficient (Wildman–Crippen LogP) is 2.86. The highest BCUT2D eigenvalue weighted by Crippen LogP contribution is 2.62. The molecule has 4 aliphatic rings. The molecule has 0 aromatic rings. The second kappa shape index (κ2) is 5.05. The summed E-state index contributed by atoms with van der Waals surface area (Å²) in [6, 6.07) is 0. The van der Waals surface area contributed by atoms with E-state index < -0.39 is 17.7 Å². The van der Waals surface area contributed by atoms with Crippen LogP contribution in [0.3, 0.4) is 0 Å². The van der Waals surface area contributed by atoms with Crippen molar-refractivity contribution in [3.63, 3.8) is 0 Å². The monoisotopic (exact) mass is 320 g/mol. The van der Waals surface area contributed by atoms with Crippen LogP contribution in [0.4, 0.5) is 0 Å². The maximum absolute atomic E-state index is 11.9. The van der Waals surface area contributed by atoms with E-state index in [4.69, 9.17) is 4.74 Å². The Morgan fingerprint density at radius 2 is 1.87 bits per heavy atom. The number of ketones is 1. The van der Waals surface area contributed by atoms with Gasteiger partial charge in [0.2, 0.25) is 0 Å². The first-order valence-corrected chi connectivity index (χ1v) is 9.26. The maximum Gasteiger partial charge on any atom is 0.335 e. The molecule has 3 saturated carbocycles. The van der Waals surface area contributed by atoms with E-state index in [9.17, 15) is 14.7 Å². The number of rotatable bonds is 0. The molecule has 1 heterocycles. The van der Waals surface area contributed by atoms with Gasteiger partial charge in [0.1, 0.15) is 11.4 Å². The molecule has 0 aromatic carbocycles. The number of ether oxygens (including phenoxy) is 1. The van der Waals surface area contributed by atoms with Crippen molar-refractivity contribution in [2.45, 2.75) is 76.9 Å². The average molecular weight is 320 g/mol. The van der Waals surface area contributed by atoms with E-state index in [1.807, 2.05) is 0 Å². The van der Waals surface area contributed by atoms with Gasteiger partial charge in [-0.1, -0.05) is 6.92 Å². The number of aliphatic hydroxyl groups excluding tert-OH is 1. The molecular weight excluding hydrogens is 292 g/mol. The summed E-state index contributed by atoms with van der Waals surface area (Å²) in [4.78, 5) is 23.7. The van der Waals surface area contributed by atoms with E-state index in [0.717, 1.165) is 44.9 Å². The van der Waals surface area contributed by atoms with E-state index in [0.29, 0.717) is 30.0 Å². The zero-order valence-electron chi connectivity index (χ0n) is 14.2. The molecule has 3 aliphatic carbocycles. The minimum atomic E-state index is -0.953. The Hall–Kier alpha value is -0.900. The molecular formula is C19H28O4. The smallest absolute Gasteiger partial charge is 0.335 e. The summed E-state index contributed by atoms with van der Waals surface area (Å²) in [7, 11) is 0. The molecule has 0 radical (unpaired) electrons. The van der Waals surface area contributed by atoms with Gasteiger partial charge in [0, 0.05) is 18.8 Å². The van der Waals surface area contributed by atoms with Crippen molar-refractivity contribution < 1.29 is 19.4 Å². The second-order valence-corrected chi connectivity index (χ2v) is 8.92. The molecule has 0 spiro atoms. The van der Waals surface area contributed by atoms with Crippen molar-refractivity contribution in [3.05, 3.63) is 0 Å². The van der Waals surface area contributed by atoms with Crippen molar-refractivity contribution in [2.24, 2.45) is 29.1 Å². The lowest BCUT2D eigenvalue weighted by atomic mass is 9.46. The molecule has 0 amide bonds. The fourth-order valence-corrected chi connectivity index (χ4v) is 6.52. The van der Waals surface area contributed by atoms with Gasteiger partial charge < -0.3 is 9.84 Å². The van der Waals surface area contributed by atoms with Crippen LogP contribution in [0, 0.1) is 29.1 Å². The number of hydrogen-bond donors (Lipinski definition) is 1. The molecule has 0 aromatic heterocycles. The molecule has 4 rings (SSSR count). The normalized spacial score (nSPS) is 52.9. The molecule has 1 N–H and O–H groups in total. The number of fused-ring (bicyclic) bond motifs is 5. The molecule has 7 atom stereocenters. The third-order valence-corrected chi connectivity index (χ3v) is 7.90. The first kappa shape index (κ1) is 15.6. The van der Waals surface area contributed by atoms with E-state index in [1.54, 1.807) is 0 Å². The Bertz CT molecular complexity index is 543. The predicted molar refractivity (Wildman–Crippen MR) is 84.5 cm³/mol. The Balaban J connectivity index is 1.63. The summed E-state index contributed by atoms with van der Waals surface area (Å²) in [5.74, 6) is 1.93. The molecule has 1 aliphatic heterocycles. The van der Waals surface area contributed by atoms with Crippen LogP contribution in [0.25, 0.3) is 0 Å². The maximum atomic E-state index is 11.9. The largest absolute Gasteiger partial charge is 0.457 e. The molecule has 23 heavy (non-hydrogen) atoms. The molecule has 4 nitrogen and oxygen atoms in total. The summed E-state index contributed by atoms with van der Waals surface area (Å²) < 4.78 is 5.68. The molecule has 0 bridgehead atoms. The molecule has 1 saturated heterocycles.